The summed E-state index contributed by atoms with van der Waals surface area (Å²) in [5.74, 6) is 0.991. The van der Waals surface area contributed by atoms with Gasteiger partial charge in [-0.25, -0.2) is 0 Å². The van der Waals surface area contributed by atoms with Gasteiger partial charge in [0.05, 0.1) is 13.3 Å². The van der Waals surface area contributed by atoms with E-state index >= 15 is 0 Å². The first kappa shape index (κ1) is 10.5. The second-order valence-corrected chi connectivity index (χ2v) is 3.45. The van der Waals surface area contributed by atoms with Crippen molar-refractivity contribution in [3.63, 3.8) is 0 Å². The van der Waals surface area contributed by atoms with Crippen LogP contribution in [-0.2, 0) is 6.54 Å². The largest absolute Gasteiger partial charge is 0.508 e. The smallest absolute Gasteiger partial charge is 0.164 e. The van der Waals surface area contributed by atoms with E-state index in [0.29, 0.717) is 0 Å². The predicted octanol–water partition coefficient (Wildman–Crippen LogP) is 2.28. The van der Waals surface area contributed by atoms with Crippen LogP contribution in [0.15, 0.2) is 30.5 Å². The van der Waals surface area contributed by atoms with E-state index in [-0.39, 0.29) is 5.75 Å². The van der Waals surface area contributed by atoms with E-state index in [2.05, 4.69) is 5.10 Å². The molecule has 16 heavy (non-hydrogen) atoms. The van der Waals surface area contributed by atoms with Crippen LogP contribution in [0.5, 0.6) is 11.5 Å². The van der Waals surface area contributed by atoms with Gasteiger partial charge in [-0.1, -0.05) is 0 Å². The molecule has 0 unspecified atom stereocenters. The first-order valence-electron chi connectivity index (χ1n) is 5.15. The zero-order chi connectivity index (χ0) is 11.5. The first-order valence-corrected chi connectivity index (χ1v) is 5.15. The van der Waals surface area contributed by atoms with Gasteiger partial charge in [0.2, 0.25) is 0 Å². The minimum Gasteiger partial charge on any atom is -0.508 e. The molecule has 1 heterocycles. The molecule has 0 aliphatic rings. The molecule has 1 aromatic heterocycles. The number of nitrogens with zero attached hydrogens (tertiary/aromatic N) is 2. The maximum Gasteiger partial charge on any atom is 0.164 e. The van der Waals surface area contributed by atoms with E-state index in [9.17, 15) is 5.11 Å². The summed E-state index contributed by atoms with van der Waals surface area (Å²) in [7, 11) is 1.63. The third kappa shape index (κ3) is 1.86. The summed E-state index contributed by atoms with van der Waals surface area (Å²) < 4.78 is 7.09. The molecule has 0 saturated heterocycles. The highest BCUT2D eigenvalue weighted by Gasteiger charge is 2.10. The van der Waals surface area contributed by atoms with Crippen molar-refractivity contribution in [2.75, 3.05) is 7.11 Å². The summed E-state index contributed by atoms with van der Waals surface area (Å²) in [5.41, 5.74) is 1.73. The summed E-state index contributed by atoms with van der Waals surface area (Å²) in [6, 6.07) is 6.92. The number of phenols is 1. The molecule has 0 bridgehead atoms. The van der Waals surface area contributed by atoms with Crippen LogP contribution < -0.4 is 4.74 Å². The van der Waals surface area contributed by atoms with Crippen molar-refractivity contribution in [2.24, 2.45) is 0 Å². The standard InChI is InChI=1S/C12H14N2O2/c1-3-14-8-11(16-2)12(13-14)9-4-6-10(15)7-5-9/h4-8,15H,3H2,1-2H3. The Bertz CT molecular complexity index is 474. The van der Waals surface area contributed by atoms with Gasteiger partial charge in [0.25, 0.3) is 0 Å². The third-order valence-electron chi connectivity index (χ3n) is 2.41. The van der Waals surface area contributed by atoms with Gasteiger partial charge < -0.3 is 9.84 Å². The van der Waals surface area contributed by atoms with Crippen molar-refractivity contribution in [1.29, 1.82) is 0 Å². The molecule has 1 aromatic carbocycles. The molecular weight excluding hydrogens is 204 g/mol. The number of benzene rings is 1. The zero-order valence-corrected chi connectivity index (χ0v) is 9.34. The Morgan fingerprint density at radius 2 is 2.00 bits per heavy atom. The Morgan fingerprint density at radius 3 is 2.56 bits per heavy atom. The first-order chi connectivity index (χ1) is 7.74. The fourth-order valence-corrected chi connectivity index (χ4v) is 1.53. The fraction of sp³-hybridized carbons (Fsp3) is 0.250. The molecule has 0 amide bonds. The van der Waals surface area contributed by atoms with Gasteiger partial charge in [-0.15, -0.1) is 0 Å². The van der Waals surface area contributed by atoms with Crippen molar-refractivity contribution in [3.8, 4) is 22.8 Å². The Morgan fingerprint density at radius 1 is 1.31 bits per heavy atom. The van der Waals surface area contributed by atoms with Crippen molar-refractivity contribution < 1.29 is 9.84 Å². The number of methoxy groups -OCH3 is 1. The number of hydrogen-bond acceptors (Lipinski definition) is 3. The van der Waals surface area contributed by atoms with Gasteiger partial charge in [0.15, 0.2) is 5.75 Å². The average molecular weight is 218 g/mol. The van der Waals surface area contributed by atoms with Crippen LogP contribution in [0.4, 0.5) is 0 Å². The van der Waals surface area contributed by atoms with E-state index in [0.717, 1.165) is 23.6 Å². The molecule has 4 heteroatoms. The number of phenolic OH excluding ortho intramolecular Hbond substituents is 1. The van der Waals surface area contributed by atoms with E-state index < -0.39 is 0 Å². The van der Waals surface area contributed by atoms with Crippen LogP contribution in [-0.4, -0.2) is 22.0 Å². The van der Waals surface area contributed by atoms with Crippen molar-refractivity contribution in [3.05, 3.63) is 30.5 Å². The van der Waals surface area contributed by atoms with Crippen molar-refractivity contribution in [1.82, 2.24) is 9.78 Å². The van der Waals surface area contributed by atoms with Crippen molar-refractivity contribution in [2.45, 2.75) is 13.5 Å². The summed E-state index contributed by atoms with van der Waals surface area (Å²) in [5, 5.41) is 13.6. The monoisotopic (exact) mass is 218 g/mol. The topological polar surface area (TPSA) is 47.3 Å². The highest BCUT2D eigenvalue weighted by atomic mass is 16.5. The molecule has 0 spiro atoms. The Balaban J connectivity index is 2.45. The van der Waals surface area contributed by atoms with Gasteiger partial charge in [-0.3, -0.25) is 4.68 Å². The lowest BCUT2D eigenvalue weighted by Gasteiger charge is -2.00. The van der Waals surface area contributed by atoms with Gasteiger partial charge in [-0.2, -0.15) is 5.10 Å². The Hall–Kier alpha value is -1.97. The molecular formula is C12H14N2O2. The number of rotatable bonds is 3. The fourth-order valence-electron chi connectivity index (χ4n) is 1.53. The van der Waals surface area contributed by atoms with Gasteiger partial charge in [-0.05, 0) is 31.2 Å². The van der Waals surface area contributed by atoms with Crippen LogP contribution in [0.2, 0.25) is 0 Å². The maximum absolute atomic E-state index is 9.22. The third-order valence-corrected chi connectivity index (χ3v) is 2.41. The van der Waals surface area contributed by atoms with Crippen LogP contribution in [0.3, 0.4) is 0 Å². The predicted molar refractivity (Wildman–Crippen MR) is 61.6 cm³/mol. The van der Waals surface area contributed by atoms with Crippen LogP contribution in [0.1, 0.15) is 6.92 Å². The summed E-state index contributed by atoms with van der Waals surface area (Å²) >= 11 is 0. The van der Waals surface area contributed by atoms with Crippen molar-refractivity contribution >= 4 is 0 Å². The molecule has 4 nitrogen and oxygen atoms in total. The quantitative estimate of drug-likeness (QED) is 0.859. The van der Waals surface area contributed by atoms with Crippen LogP contribution >= 0.6 is 0 Å². The molecule has 84 valence electrons. The zero-order valence-electron chi connectivity index (χ0n) is 9.34. The lowest BCUT2D eigenvalue weighted by Crippen LogP contribution is -1.93. The lowest BCUT2D eigenvalue weighted by atomic mass is 10.1. The molecule has 2 rings (SSSR count). The second kappa shape index (κ2) is 4.26. The van der Waals surface area contributed by atoms with Gasteiger partial charge in [0.1, 0.15) is 11.4 Å². The molecule has 0 aliphatic heterocycles. The molecule has 0 saturated carbocycles. The molecule has 1 N–H and O–H groups in total. The second-order valence-electron chi connectivity index (χ2n) is 3.45. The summed E-state index contributed by atoms with van der Waals surface area (Å²) in [6.07, 6.45) is 1.86. The Labute approximate surface area is 94.1 Å². The Kier molecular flexibility index (Phi) is 2.81. The molecule has 0 aliphatic carbocycles. The van der Waals surface area contributed by atoms with Crippen LogP contribution in [0, 0.1) is 0 Å². The molecule has 0 radical (unpaired) electrons. The number of aromatic hydroxyl groups is 1. The summed E-state index contributed by atoms with van der Waals surface area (Å²) in [6.45, 7) is 2.82. The van der Waals surface area contributed by atoms with E-state index in [1.165, 1.54) is 0 Å². The summed E-state index contributed by atoms with van der Waals surface area (Å²) in [4.78, 5) is 0. The van der Waals surface area contributed by atoms with E-state index in [1.54, 1.807) is 19.2 Å². The highest BCUT2D eigenvalue weighted by molar-refractivity contribution is 5.66. The number of aryl methyl sites for hydroxylation is 1. The average Bonchev–Trinajstić information content (AvgIpc) is 2.73. The highest BCUT2D eigenvalue weighted by Crippen LogP contribution is 2.29. The maximum atomic E-state index is 9.22. The minimum absolute atomic E-state index is 0.248. The van der Waals surface area contributed by atoms with Gasteiger partial charge in [0, 0.05) is 12.1 Å². The van der Waals surface area contributed by atoms with Gasteiger partial charge >= 0.3 is 0 Å². The van der Waals surface area contributed by atoms with E-state index in [4.69, 9.17) is 4.74 Å². The molecule has 2 aromatic rings. The normalized spacial score (nSPS) is 10.4. The molecule has 0 atom stereocenters. The molecule has 0 fully saturated rings. The number of hydrogen-bond donors (Lipinski definition) is 1. The lowest BCUT2D eigenvalue weighted by molar-refractivity contribution is 0.415. The van der Waals surface area contributed by atoms with Crippen LogP contribution in [0.25, 0.3) is 11.3 Å². The number of aromatic nitrogens is 2. The SMILES string of the molecule is CCn1cc(OC)c(-c2ccc(O)cc2)n1. The minimum atomic E-state index is 0.248. The van der Waals surface area contributed by atoms with E-state index in [1.807, 2.05) is 29.9 Å². The number of ether oxygens (including phenoxy) is 1.